The van der Waals surface area contributed by atoms with E-state index in [0.29, 0.717) is 22.4 Å². The molecular formula is C29H28ClN5OS2. The van der Waals surface area contributed by atoms with Crippen LogP contribution in [0.25, 0.3) is 0 Å². The molecule has 0 aliphatic carbocycles. The average Bonchev–Trinajstić information content (AvgIpc) is 3.31. The Kier molecular flexibility index (Phi) is 7.83. The smallest absolute Gasteiger partial charge is 0.255 e. The number of nitrogens with zero attached hydrogens (tertiary/aromatic N) is 3. The third-order valence-corrected chi connectivity index (χ3v) is 8.45. The zero-order chi connectivity index (χ0) is 26.8. The fraction of sp³-hybridized carbons (Fsp3) is 0.207. The number of fused-ring (bicyclic) bond motifs is 1. The summed E-state index contributed by atoms with van der Waals surface area (Å²) in [6.07, 6.45) is 2.05. The van der Waals surface area contributed by atoms with Crippen molar-refractivity contribution in [3.8, 4) is 0 Å². The lowest BCUT2D eigenvalue weighted by Gasteiger charge is -2.29. The number of hydrogen-bond acceptors (Lipinski definition) is 6. The Bertz CT molecular complexity index is 1530. The number of hydrogen-bond donors (Lipinski definition) is 2. The average molecular weight is 562 g/mol. The van der Waals surface area contributed by atoms with Gasteiger partial charge in [-0.05, 0) is 68.0 Å². The van der Waals surface area contributed by atoms with Crippen LogP contribution in [0.15, 0.2) is 88.1 Å². The summed E-state index contributed by atoms with van der Waals surface area (Å²) in [7, 11) is 0. The molecule has 0 fully saturated rings. The zero-order valence-corrected chi connectivity index (χ0v) is 24.0. The van der Waals surface area contributed by atoms with Gasteiger partial charge in [-0.25, -0.2) is 4.68 Å². The quantitative estimate of drug-likeness (QED) is 0.228. The number of carbonyl (C=O) groups excluding carboxylic acids is 1. The molecule has 2 N–H and O–H groups in total. The highest BCUT2D eigenvalue weighted by atomic mass is 35.5. The summed E-state index contributed by atoms with van der Waals surface area (Å²) in [5, 5.41) is 12.6. The van der Waals surface area contributed by atoms with Gasteiger partial charge in [0.25, 0.3) is 5.91 Å². The SMILES string of the molecule is CSc1ccc(C2C(C(=O)Nc3ccc(C)cc3C)=C(C)Nc3nc(SCc4ccccc4Cl)nn32)cc1. The first-order valence-electron chi connectivity index (χ1n) is 12.2. The summed E-state index contributed by atoms with van der Waals surface area (Å²) < 4.78 is 1.81. The van der Waals surface area contributed by atoms with Gasteiger partial charge in [0.2, 0.25) is 11.1 Å². The van der Waals surface area contributed by atoms with Gasteiger partial charge in [0.1, 0.15) is 6.04 Å². The van der Waals surface area contributed by atoms with Crippen LogP contribution in [0.3, 0.4) is 0 Å². The van der Waals surface area contributed by atoms with E-state index in [1.165, 1.54) is 11.8 Å². The molecule has 0 spiro atoms. The molecule has 1 aromatic heterocycles. The lowest BCUT2D eigenvalue weighted by Crippen LogP contribution is -2.31. The van der Waals surface area contributed by atoms with E-state index in [1.807, 2.05) is 68.1 Å². The van der Waals surface area contributed by atoms with E-state index in [1.54, 1.807) is 11.8 Å². The summed E-state index contributed by atoms with van der Waals surface area (Å²) in [5.74, 6) is 1.07. The molecule has 1 aliphatic rings. The van der Waals surface area contributed by atoms with Crippen LogP contribution in [-0.4, -0.2) is 26.9 Å². The Hall–Kier alpha value is -3.20. The Balaban J connectivity index is 1.50. The second-order valence-electron chi connectivity index (χ2n) is 9.15. The van der Waals surface area contributed by atoms with Crippen LogP contribution in [0, 0.1) is 13.8 Å². The zero-order valence-electron chi connectivity index (χ0n) is 21.6. The number of amides is 1. The number of thioether (sulfide) groups is 2. The maximum absolute atomic E-state index is 13.8. The predicted octanol–water partition coefficient (Wildman–Crippen LogP) is 7.49. The van der Waals surface area contributed by atoms with Gasteiger partial charge in [-0.1, -0.05) is 71.4 Å². The van der Waals surface area contributed by atoms with Crippen molar-refractivity contribution >= 4 is 52.7 Å². The molecule has 1 amide bonds. The molecule has 194 valence electrons. The van der Waals surface area contributed by atoms with Crippen LogP contribution >= 0.6 is 35.1 Å². The number of rotatable bonds is 7. The molecule has 0 saturated heterocycles. The number of nitrogens with one attached hydrogen (secondary N) is 2. The van der Waals surface area contributed by atoms with Crippen molar-refractivity contribution in [1.82, 2.24) is 14.8 Å². The highest BCUT2D eigenvalue weighted by molar-refractivity contribution is 7.98. The van der Waals surface area contributed by atoms with Crippen LogP contribution in [0.5, 0.6) is 0 Å². The first-order valence-corrected chi connectivity index (χ1v) is 14.8. The van der Waals surface area contributed by atoms with E-state index < -0.39 is 6.04 Å². The molecule has 5 rings (SSSR count). The number of halogens is 1. The molecule has 1 unspecified atom stereocenters. The van der Waals surface area contributed by atoms with E-state index in [0.717, 1.165) is 43.6 Å². The second-order valence-corrected chi connectivity index (χ2v) is 11.4. The molecule has 38 heavy (non-hydrogen) atoms. The number of aromatic nitrogens is 3. The van der Waals surface area contributed by atoms with Crippen LogP contribution in [0.4, 0.5) is 11.6 Å². The third-order valence-electron chi connectivity index (χ3n) is 6.45. The maximum atomic E-state index is 13.8. The van der Waals surface area contributed by atoms with Crippen molar-refractivity contribution < 1.29 is 4.79 Å². The second kappa shape index (κ2) is 11.3. The maximum Gasteiger partial charge on any atom is 0.255 e. The Labute approximate surface area is 236 Å². The monoisotopic (exact) mass is 561 g/mol. The fourth-order valence-corrected chi connectivity index (χ4v) is 6.01. The molecular weight excluding hydrogens is 534 g/mol. The summed E-state index contributed by atoms with van der Waals surface area (Å²) in [6.45, 7) is 5.95. The Morgan fingerprint density at radius 2 is 1.84 bits per heavy atom. The molecule has 9 heteroatoms. The fourth-order valence-electron chi connectivity index (χ4n) is 4.48. The van der Waals surface area contributed by atoms with Crippen molar-refractivity contribution in [3.05, 3.63) is 105 Å². The van der Waals surface area contributed by atoms with Crippen molar-refractivity contribution in [3.63, 3.8) is 0 Å². The summed E-state index contributed by atoms with van der Waals surface area (Å²) in [6, 6.07) is 21.6. The van der Waals surface area contributed by atoms with Crippen molar-refractivity contribution in [1.29, 1.82) is 0 Å². The minimum absolute atomic E-state index is 0.174. The van der Waals surface area contributed by atoms with Crippen LogP contribution in [0.1, 0.15) is 35.2 Å². The third kappa shape index (κ3) is 5.48. The Morgan fingerprint density at radius 1 is 1.08 bits per heavy atom. The topological polar surface area (TPSA) is 71.8 Å². The number of allylic oxidation sites excluding steroid dienone is 1. The van der Waals surface area contributed by atoms with E-state index in [-0.39, 0.29) is 5.91 Å². The lowest BCUT2D eigenvalue weighted by atomic mass is 9.95. The van der Waals surface area contributed by atoms with Gasteiger partial charge in [-0.2, -0.15) is 4.98 Å². The van der Waals surface area contributed by atoms with E-state index in [2.05, 4.69) is 41.0 Å². The first-order chi connectivity index (χ1) is 18.3. The van der Waals surface area contributed by atoms with Gasteiger partial charge in [0, 0.05) is 27.1 Å². The largest absolute Gasteiger partial charge is 0.328 e. The molecule has 1 atom stereocenters. The number of anilines is 2. The van der Waals surface area contributed by atoms with Crippen LogP contribution in [-0.2, 0) is 10.5 Å². The van der Waals surface area contributed by atoms with Gasteiger partial charge in [0.15, 0.2) is 0 Å². The molecule has 4 aromatic rings. The normalized spacial score (nSPS) is 14.7. The minimum Gasteiger partial charge on any atom is -0.328 e. The summed E-state index contributed by atoms with van der Waals surface area (Å²) in [5.41, 5.74) is 6.28. The van der Waals surface area contributed by atoms with E-state index >= 15 is 0 Å². The molecule has 2 heterocycles. The van der Waals surface area contributed by atoms with Crippen molar-refractivity contribution in [2.45, 2.75) is 42.6 Å². The molecule has 0 bridgehead atoms. The summed E-state index contributed by atoms with van der Waals surface area (Å²) in [4.78, 5) is 19.7. The molecule has 0 radical (unpaired) electrons. The number of carbonyl (C=O) groups is 1. The standard InChI is InChI=1S/C29H28ClN5OS2/c1-17-9-14-24(18(2)15-17)32-27(36)25-19(3)31-28-33-29(38-16-21-7-5-6-8-23(21)30)34-35(28)26(25)20-10-12-22(37-4)13-11-20/h5-15,26H,16H2,1-4H3,(H,32,36)(H,31,33,34). The van der Waals surface area contributed by atoms with Gasteiger partial charge in [-0.15, -0.1) is 16.9 Å². The van der Waals surface area contributed by atoms with Crippen LogP contribution < -0.4 is 10.6 Å². The minimum atomic E-state index is -0.435. The highest BCUT2D eigenvalue weighted by Gasteiger charge is 2.34. The number of aryl methyl sites for hydroxylation is 2. The highest BCUT2D eigenvalue weighted by Crippen LogP contribution is 2.38. The van der Waals surface area contributed by atoms with Crippen molar-refractivity contribution in [2.75, 3.05) is 16.9 Å². The van der Waals surface area contributed by atoms with Gasteiger partial charge >= 0.3 is 0 Å². The lowest BCUT2D eigenvalue weighted by molar-refractivity contribution is -0.113. The summed E-state index contributed by atoms with van der Waals surface area (Å²) >= 11 is 9.54. The van der Waals surface area contributed by atoms with Gasteiger partial charge in [0.05, 0.1) is 5.57 Å². The van der Waals surface area contributed by atoms with Crippen LogP contribution in [0.2, 0.25) is 5.02 Å². The molecule has 3 aromatic carbocycles. The molecule has 0 saturated carbocycles. The Morgan fingerprint density at radius 3 is 2.55 bits per heavy atom. The first kappa shape index (κ1) is 26.4. The van der Waals surface area contributed by atoms with Gasteiger partial charge in [-0.3, -0.25) is 4.79 Å². The number of benzene rings is 3. The predicted molar refractivity (Wildman–Crippen MR) is 158 cm³/mol. The van der Waals surface area contributed by atoms with E-state index in [9.17, 15) is 4.79 Å². The van der Waals surface area contributed by atoms with Crippen molar-refractivity contribution in [2.24, 2.45) is 0 Å². The molecule has 1 aliphatic heterocycles. The van der Waals surface area contributed by atoms with E-state index in [4.69, 9.17) is 21.7 Å². The van der Waals surface area contributed by atoms with Gasteiger partial charge < -0.3 is 10.6 Å². The molecule has 6 nitrogen and oxygen atoms in total.